The van der Waals surface area contributed by atoms with Crippen LogP contribution >= 0.6 is 0 Å². The lowest BCUT2D eigenvalue weighted by atomic mass is 10.0. The van der Waals surface area contributed by atoms with Crippen LogP contribution in [-0.2, 0) is 32.7 Å². The molecule has 4 aromatic rings. The second-order valence-electron chi connectivity index (χ2n) is 8.81. The van der Waals surface area contributed by atoms with Crippen LogP contribution < -0.4 is 10.6 Å². The Bertz CT molecular complexity index is 1620. The predicted molar refractivity (Wildman–Crippen MR) is 148 cm³/mol. The minimum Gasteiger partial charge on any atom is -0.459 e. The van der Waals surface area contributed by atoms with Crippen LogP contribution in [0.3, 0.4) is 0 Å². The zero-order chi connectivity index (χ0) is 27.3. The van der Waals surface area contributed by atoms with Gasteiger partial charge >= 0.3 is 0 Å². The summed E-state index contributed by atoms with van der Waals surface area (Å²) in [6, 6.07) is 15.7. The number of pyridine rings is 1. The minimum absolute atomic E-state index is 0. The number of aryl methyl sites for hydroxylation is 3. The highest BCUT2D eigenvalue weighted by Gasteiger charge is 2.15. The first-order chi connectivity index (χ1) is 18.1. The van der Waals surface area contributed by atoms with Crippen molar-refractivity contribution in [2.75, 3.05) is 5.32 Å². The lowest BCUT2D eigenvalue weighted by Crippen LogP contribution is -2.20. The number of carbonyl (C=O) groups excluding carboxylic acids is 2. The molecule has 1 aliphatic heterocycles. The number of furan rings is 1. The quantitative estimate of drug-likeness (QED) is 0.250. The number of fused-ring (bicyclic) bond motifs is 2. The molecule has 0 aliphatic carbocycles. The number of hydrogen-bond acceptors (Lipinski definition) is 6. The van der Waals surface area contributed by atoms with Gasteiger partial charge in [0.15, 0.2) is 0 Å². The number of aromatic nitrogens is 1. The lowest BCUT2D eigenvalue weighted by Gasteiger charge is -2.15. The Labute approximate surface area is 225 Å². The number of carbonyl (C=O) groups is 2. The molecule has 2 amide bonds. The van der Waals surface area contributed by atoms with Crippen LogP contribution in [-0.4, -0.2) is 35.2 Å². The number of nitrogens with one attached hydrogen (secondary N) is 2. The zero-order valence-electron chi connectivity index (χ0n) is 21.4. The first kappa shape index (κ1) is 29.2. The molecule has 2 aromatic carbocycles. The summed E-state index contributed by atoms with van der Waals surface area (Å²) in [5.74, 6) is 1.14. The van der Waals surface area contributed by atoms with Crippen molar-refractivity contribution in [2.24, 2.45) is 0 Å². The maximum Gasteiger partial charge on any atom is 0.294 e. The third-order valence-electron chi connectivity index (χ3n) is 5.98. The van der Waals surface area contributed by atoms with E-state index < -0.39 is 10.1 Å². The van der Waals surface area contributed by atoms with Crippen LogP contribution in [0.5, 0.6) is 0 Å². The summed E-state index contributed by atoms with van der Waals surface area (Å²) >= 11 is 0. The van der Waals surface area contributed by atoms with Gasteiger partial charge in [-0.05, 0) is 61.7 Å². The van der Waals surface area contributed by atoms with Crippen molar-refractivity contribution in [1.29, 1.82) is 0 Å². The third-order valence-corrected chi connectivity index (χ3v) is 6.85. The van der Waals surface area contributed by atoms with Gasteiger partial charge in [0, 0.05) is 29.6 Å². The Morgan fingerprint density at radius 2 is 1.85 bits per heavy atom. The smallest absolute Gasteiger partial charge is 0.294 e. The predicted octanol–water partition coefficient (Wildman–Crippen LogP) is 3.77. The standard InChI is InChI=1S/C21H19N3O3.C7H8O3S.H2O/c1-13-16-4-2-3-5-17(16)27-18(13)12-22-19(25)8-6-14-10-15-7-9-20(26)24-21(15)23-11-14;1-6-2-4-7(5-3-6)11(8,9)10;/h2-6,8,10-11H,7,9,12H2,1H3,(H,22,25)(H,23,24,26);2-5H,1H3,(H,8,9,10);1H2. The monoisotopic (exact) mass is 551 g/mol. The van der Waals surface area contributed by atoms with E-state index in [1.54, 1.807) is 24.4 Å². The Hall–Kier alpha value is -4.32. The van der Waals surface area contributed by atoms with E-state index in [0.29, 0.717) is 25.2 Å². The molecular weight excluding hydrogens is 522 g/mol. The maximum absolute atomic E-state index is 12.1. The summed E-state index contributed by atoms with van der Waals surface area (Å²) in [4.78, 5) is 27.7. The average molecular weight is 552 g/mol. The van der Waals surface area contributed by atoms with Crippen molar-refractivity contribution in [3.05, 3.63) is 94.9 Å². The molecule has 0 fully saturated rings. The van der Waals surface area contributed by atoms with Gasteiger partial charge in [-0.1, -0.05) is 35.9 Å². The molecule has 2 aromatic heterocycles. The highest BCUT2D eigenvalue weighted by atomic mass is 32.2. The largest absolute Gasteiger partial charge is 0.459 e. The fourth-order valence-corrected chi connectivity index (χ4v) is 4.35. The molecule has 1 aliphatic rings. The van der Waals surface area contributed by atoms with Crippen molar-refractivity contribution in [1.82, 2.24) is 10.3 Å². The van der Waals surface area contributed by atoms with Gasteiger partial charge in [0.1, 0.15) is 17.2 Å². The molecule has 5 N–H and O–H groups in total. The van der Waals surface area contributed by atoms with Gasteiger partial charge in [0.05, 0.1) is 11.4 Å². The molecule has 10 nitrogen and oxygen atoms in total. The summed E-state index contributed by atoms with van der Waals surface area (Å²) < 4.78 is 35.4. The molecule has 0 saturated carbocycles. The van der Waals surface area contributed by atoms with Crippen molar-refractivity contribution < 1.29 is 32.5 Å². The number of rotatable bonds is 5. The minimum atomic E-state index is -4.02. The van der Waals surface area contributed by atoms with E-state index in [4.69, 9.17) is 8.97 Å². The Kier molecular flexibility index (Phi) is 9.36. The number of anilines is 1. The van der Waals surface area contributed by atoms with Crippen LogP contribution in [0.15, 0.2) is 76.2 Å². The van der Waals surface area contributed by atoms with E-state index in [0.717, 1.165) is 39.0 Å². The normalized spacial score (nSPS) is 12.6. The van der Waals surface area contributed by atoms with Gasteiger partial charge in [0.25, 0.3) is 10.1 Å². The average Bonchev–Trinajstić information content (AvgIpc) is 3.21. The highest BCUT2D eigenvalue weighted by Crippen LogP contribution is 2.25. The van der Waals surface area contributed by atoms with Gasteiger partial charge in [-0.25, -0.2) is 4.98 Å². The first-order valence-electron chi connectivity index (χ1n) is 11.9. The second kappa shape index (κ2) is 12.5. The second-order valence-corrected chi connectivity index (χ2v) is 10.2. The van der Waals surface area contributed by atoms with Crippen LogP contribution in [0, 0.1) is 13.8 Å². The molecule has 39 heavy (non-hydrogen) atoms. The molecule has 0 radical (unpaired) electrons. The molecular formula is C28H29N3O7S. The van der Waals surface area contributed by atoms with E-state index >= 15 is 0 Å². The van der Waals surface area contributed by atoms with Crippen LogP contribution in [0.2, 0.25) is 0 Å². The van der Waals surface area contributed by atoms with E-state index in [1.807, 2.05) is 44.2 Å². The zero-order valence-corrected chi connectivity index (χ0v) is 22.2. The molecule has 0 atom stereocenters. The number of para-hydroxylation sites is 1. The number of benzene rings is 2. The molecule has 0 bridgehead atoms. The molecule has 0 unspecified atom stereocenters. The van der Waals surface area contributed by atoms with Crippen LogP contribution in [0.4, 0.5) is 5.82 Å². The summed E-state index contributed by atoms with van der Waals surface area (Å²) in [5.41, 5.74) is 4.62. The van der Waals surface area contributed by atoms with Crippen molar-refractivity contribution in [3.63, 3.8) is 0 Å². The molecule has 11 heteroatoms. The van der Waals surface area contributed by atoms with E-state index in [1.165, 1.54) is 18.2 Å². The van der Waals surface area contributed by atoms with E-state index in [9.17, 15) is 18.0 Å². The van der Waals surface area contributed by atoms with Gasteiger partial charge < -0.3 is 20.5 Å². The Morgan fingerprint density at radius 1 is 1.13 bits per heavy atom. The third kappa shape index (κ3) is 7.60. The maximum atomic E-state index is 12.1. The Balaban J connectivity index is 0.000000297. The fraction of sp³-hybridized carbons (Fsp3) is 0.179. The van der Waals surface area contributed by atoms with Gasteiger partial charge in [0.2, 0.25) is 11.8 Å². The van der Waals surface area contributed by atoms with Crippen molar-refractivity contribution in [3.8, 4) is 0 Å². The summed E-state index contributed by atoms with van der Waals surface area (Å²) in [6.45, 7) is 4.16. The molecule has 0 saturated heterocycles. The number of hydrogen-bond donors (Lipinski definition) is 3. The summed E-state index contributed by atoms with van der Waals surface area (Å²) in [7, 11) is -4.02. The number of nitrogens with zero attached hydrogens (tertiary/aromatic N) is 1. The SMILES string of the molecule is Cc1c(CNC(=O)C=Cc2cnc3c(c2)CCC(=O)N3)oc2ccccc12.Cc1ccc(S(=O)(=O)O)cc1.O. The first-order valence-corrected chi connectivity index (χ1v) is 13.3. The van der Waals surface area contributed by atoms with Crippen LogP contribution in [0.25, 0.3) is 17.0 Å². The summed E-state index contributed by atoms with van der Waals surface area (Å²) in [5, 5.41) is 6.64. The molecule has 5 rings (SSSR count). The van der Waals surface area contributed by atoms with Crippen molar-refractivity contribution >= 4 is 44.8 Å². The van der Waals surface area contributed by atoms with E-state index in [-0.39, 0.29) is 22.2 Å². The van der Waals surface area contributed by atoms with Gasteiger partial charge in [-0.2, -0.15) is 8.42 Å². The molecule has 3 heterocycles. The molecule has 0 spiro atoms. The van der Waals surface area contributed by atoms with Crippen LogP contribution in [0.1, 0.15) is 34.4 Å². The lowest BCUT2D eigenvalue weighted by molar-refractivity contribution is -0.117. The van der Waals surface area contributed by atoms with Gasteiger partial charge in [-0.3, -0.25) is 14.1 Å². The topological polar surface area (TPSA) is 170 Å². The van der Waals surface area contributed by atoms with E-state index in [2.05, 4.69) is 15.6 Å². The molecule has 204 valence electrons. The van der Waals surface area contributed by atoms with Crippen molar-refractivity contribution in [2.45, 2.75) is 38.1 Å². The summed E-state index contributed by atoms with van der Waals surface area (Å²) in [6.07, 6.45) is 5.94. The van der Waals surface area contributed by atoms with Gasteiger partial charge in [-0.15, -0.1) is 0 Å². The number of amides is 2. The fourth-order valence-electron chi connectivity index (χ4n) is 3.87. The highest BCUT2D eigenvalue weighted by molar-refractivity contribution is 7.85. The Morgan fingerprint density at radius 3 is 2.54 bits per heavy atom.